The highest BCUT2D eigenvalue weighted by Crippen LogP contribution is 2.31. The number of nitrogens with one attached hydrogen (secondary N) is 2. The molecule has 0 radical (unpaired) electrons. The second-order valence-electron chi connectivity index (χ2n) is 8.38. The number of ether oxygens (including phenoxy) is 1. The molecule has 0 aliphatic heterocycles. The van der Waals surface area contributed by atoms with E-state index in [1.807, 2.05) is 36.4 Å². The van der Waals surface area contributed by atoms with E-state index in [0.29, 0.717) is 24.1 Å². The molecule has 35 heavy (non-hydrogen) atoms. The van der Waals surface area contributed by atoms with Gasteiger partial charge in [-0.15, -0.1) is 0 Å². The maximum Gasteiger partial charge on any atom is 0.337 e. The highest BCUT2D eigenvalue weighted by molar-refractivity contribution is 5.94. The van der Waals surface area contributed by atoms with Crippen molar-refractivity contribution in [2.45, 2.75) is 19.3 Å². The van der Waals surface area contributed by atoms with Gasteiger partial charge >= 0.3 is 5.97 Å². The number of hydrogen-bond donors (Lipinski definition) is 2. The van der Waals surface area contributed by atoms with Crippen molar-refractivity contribution in [3.05, 3.63) is 96.1 Å². The van der Waals surface area contributed by atoms with Crippen LogP contribution in [0.4, 0.5) is 5.69 Å². The van der Waals surface area contributed by atoms with Gasteiger partial charge in [0, 0.05) is 28.4 Å². The summed E-state index contributed by atoms with van der Waals surface area (Å²) in [5.41, 5.74) is 6.16. The lowest BCUT2D eigenvalue weighted by Gasteiger charge is -2.08. The number of amides is 1. The SMILES string of the molecule is COC(=O)c1ccc(NC(=O)CCCc2c(-c3ccc4ccccc4n3)[nH]c3ccccc23)cc1. The molecule has 2 N–H and O–H groups in total. The number of fused-ring (bicyclic) bond motifs is 2. The highest BCUT2D eigenvalue weighted by Gasteiger charge is 2.15. The zero-order chi connectivity index (χ0) is 24.2. The summed E-state index contributed by atoms with van der Waals surface area (Å²) >= 11 is 0. The first-order valence-electron chi connectivity index (χ1n) is 11.6. The number of pyridine rings is 1. The Kier molecular flexibility index (Phi) is 6.26. The molecule has 0 saturated carbocycles. The Hall–Kier alpha value is -4.45. The Morgan fingerprint density at radius 1 is 0.914 bits per heavy atom. The van der Waals surface area contributed by atoms with Crippen LogP contribution in [0.5, 0.6) is 0 Å². The summed E-state index contributed by atoms with van der Waals surface area (Å²) in [6.45, 7) is 0. The molecule has 3 aromatic carbocycles. The van der Waals surface area contributed by atoms with E-state index in [1.165, 1.54) is 12.7 Å². The van der Waals surface area contributed by atoms with Gasteiger partial charge < -0.3 is 15.0 Å². The maximum absolute atomic E-state index is 12.6. The van der Waals surface area contributed by atoms with Gasteiger partial charge in [-0.25, -0.2) is 9.78 Å². The largest absolute Gasteiger partial charge is 0.465 e. The van der Waals surface area contributed by atoms with Gasteiger partial charge in [0.05, 0.1) is 29.6 Å². The monoisotopic (exact) mass is 463 g/mol. The van der Waals surface area contributed by atoms with Crippen LogP contribution in [-0.2, 0) is 16.0 Å². The first-order chi connectivity index (χ1) is 17.1. The molecule has 6 nitrogen and oxygen atoms in total. The van der Waals surface area contributed by atoms with E-state index in [0.717, 1.165) is 39.6 Å². The summed E-state index contributed by atoms with van der Waals surface area (Å²) in [6.07, 6.45) is 1.81. The van der Waals surface area contributed by atoms with E-state index in [4.69, 9.17) is 9.72 Å². The number of anilines is 1. The predicted molar refractivity (Wildman–Crippen MR) is 138 cm³/mol. The molecule has 0 bridgehead atoms. The van der Waals surface area contributed by atoms with Gasteiger partial charge in [0.15, 0.2) is 0 Å². The number of H-pyrrole nitrogens is 1. The van der Waals surface area contributed by atoms with Gasteiger partial charge in [0.25, 0.3) is 0 Å². The normalized spacial score (nSPS) is 11.0. The third-order valence-electron chi connectivity index (χ3n) is 6.09. The van der Waals surface area contributed by atoms with Crippen molar-refractivity contribution in [3.63, 3.8) is 0 Å². The van der Waals surface area contributed by atoms with Crippen LogP contribution < -0.4 is 5.32 Å². The molecular formula is C29H25N3O3. The summed E-state index contributed by atoms with van der Waals surface area (Å²) < 4.78 is 4.71. The van der Waals surface area contributed by atoms with Crippen molar-refractivity contribution in [1.82, 2.24) is 9.97 Å². The summed E-state index contributed by atoms with van der Waals surface area (Å²) in [5, 5.41) is 5.15. The number of methoxy groups -OCH3 is 1. The Balaban J connectivity index is 1.32. The number of aromatic nitrogens is 2. The Morgan fingerprint density at radius 2 is 1.69 bits per heavy atom. The van der Waals surface area contributed by atoms with Crippen LogP contribution in [0.2, 0.25) is 0 Å². The number of aromatic amines is 1. The number of para-hydroxylation sites is 2. The predicted octanol–water partition coefficient (Wildman–Crippen LogP) is 6.13. The third kappa shape index (κ3) is 4.77. The second-order valence-corrected chi connectivity index (χ2v) is 8.38. The molecule has 5 rings (SSSR count). The van der Waals surface area contributed by atoms with Gasteiger partial charge in [0.2, 0.25) is 5.91 Å². The van der Waals surface area contributed by atoms with Crippen molar-refractivity contribution in [2.24, 2.45) is 0 Å². The molecular weight excluding hydrogens is 438 g/mol. The number of rotatable bonds is 7. The van der Waals surface area contributed by atoms with E-state index in [2.05, 4.69) is 34.6 Å². The number of aryl methyl sites for hydroxylation is 1. The third-order valence-corrected chi connectivity index (χ3v) is 6.09. The minimum absolute atomic E-state index is 0.0685. The van der Waals surface area contributed by atoms with Crippen molar-refractivity contribution >= 4 is 39.4 Å². The fourth-order valence-electron chi connectivity index (χ4n) is 4.34. The molecule has 0 unspecified atom stereocenters. The molecule has 174 valence electrons. The van der Waals surface area contributed by atoms with E-state index < -0.39 is 5.97 Å². The summed E-state index contributed by atoms with van der Waals surface area (Å²) in [5.74, 6) is -0.473. The lowest BCUT2D eigenvalue weighted by atomic mass is 10.0. The summed E-state index contributed by atoms with van der Waals surface area (Å²) in [7, 11) is 1.34. The van der Waals surface area contributed by atoms with E-state index in [-0.39, 0.29) is 5.91 Å². The van der Waals surface area contributed by atoms with Crippen LogP contribution in [0.1, 0.15) is 28.8 Å². The fraction of sp³-hybridized carbons (Fsp3) is 0.138. The van der Waals surface area contributed by atoms with E-state index >= 15 is 0 Å². The molecule has 0 saturated heterocycles. The number of carbonyl (C=O) groups excluding carboxylic acids is 2. The molecule has 0 aliphatic carbocycles. The van der Waals surface area contributed by atoms with Crippen molar-refractivity contribution in [3.8, 4) is 11.4 Å². The molecule has 0 aliphatic rings. The van der Waals surface area contributed by atoms with Gasteiger partial charge in [-0.3, -0.25) is 4.79 Å². The van der Waals surface area contributed by atoms with Crippen LogP contribution in [0, 0.1) is 0 Å². The standard InChI is InChI=1S/C29H25N3O3/c1-35-29(34)20-13-16-21(17-14-20)30-27(33)12-6-9-23-22-8-3-5-11-25(22)32-28(23)26-18-15-19-7-2-4-10-24(19)31-26/h2-5,7-8,10-11,13-18,32H,6,9,12H2,1H3,(H,30,33). The van der Waals surface area contributed by atoms with Crippen LogP contribution in [0.15, 0.2) is 84.9 Å². The van der Waals surface area contributed by atoms with Crippen LogP contribution in [0.3, 0.4) is 0 Å². The lowest BCUT2D eigenvalue weighted by molar-refractivity contribution is -0.116. The molecule has 0 fully saturated rings. The number of esters is 1. The van der Waals surface area contributed by atoms with Crippen molar-refractivity contribution in [2.75, 3.05) is 12.4 Å². The summed E-state index contributed by atoms with van der Waals surface area (Å²) in [4.78, 5) is 32.6. The van der Waals surface area contributed by atoms with Crippen LogP contribution in [-0.4, -0.2) is 29.0 Å². The first kappa shape index (κ1) is 22.3. The molecule has 0 spiro atoms. The number of hydrogen-bond acceptors (Lipinski definition) is 4. The van der Waals surface area contributed by atoms with Crippen molar-refractivity contribution in [1.29, 1.82) is 0 Å². The number of carbonyl (C=O) groups is 2. The van der Waals surface area contributed by atoms with Gasteiger partial charge in [-0.1, -0.05) is 42.5 Å². The molecule has 2 aromatic heterocycles. The Labute approximate surface area is 203 Å². The molecule has 0 atom stereocenters. The topological polar surface area (TPSA) is 84.1 Å². The minimum atomic E-state index is -0.404. The maximum atomic E-state index is 12.6. The zero-order valence-corrected chi connectivity index (χ0v) is 19.4. The zero-order valence-electron chi connectivity index (χ0n) is 19.4. The average molecular weight is 464 g/mol. The quantitative estimate of drug-likeness (QED) is 0.284. The van der Waals surface area contributed by atoms with Gasteiger partial charge in [-0.2, -0.15) is 0 Å². The second kappa shape index (κ2) is 9.81. The van der Waals surface area contributed by atoms with Crippen molar-refractivity contribution < 1.29 is 14.3 Å². The van der Waals surface area contributed by atoms with Gasteiger partial charge in [-0.05, 0) is 60.9 Å². The Morgan fingerprint density at radius 3 is 2.51 bits per heavy atom. The molecule has 5 aromatic rings. The van der Waals surface area contributed by atoms with E-state index in [9.17, 15) is 9.59 Å². The number of benzene rings is 3. The van der Waals surface area contributed by atoms with E-state index in [1.54, 1.807) is 24.3 Å². The molecule has 6 heteroatoms. The fourth-order valence-corrected chi connectivity index (χ4v) is 4.34. The average Bonchev–Trinajstić information content (AvgIpc) is 3.27. The highest BCUT2D eigenvalue weighted by atomic mass is 16.5. The molecule has 2 heterocycles. The lowest BCUT2D eigenvalue weighted by Crippen LogP contribution is -2.12. The smallest absolute Gasteiger partial charge is 0.337 e. The van der Waals surface area contributed by atoms with Crippen LogP contribution in [0.25, 0.3) is 33.2 Å². The minimum Gasteiger partial charge on any atom is -0.465 e. The summed E-state index contributed by atoms with van der Waals surface area (Å²) in [6, 6.07) is 27.1. The van der Waals surface area contributed by atoms with Gasteiger partial charge in [0.1, 0.15) is 0 Å². The first-order valence-corrected chi connectivity index (χ1v) is 11.6. The molecule has 1 amide bonds. The van der Waals surface area contributed by atoms with Crippen LogP contribution >= 0.6 is 0 Å². The Bertz CT molecular complexity index is 1520. The number of nitrogens with zero attached hydrogens (tertiary/aromatic N) is 1.